The topological polar surface area (TPSA) is 116 Å². The van der Waals surface area contributed by atoms with Crippen LogP contribution in [-0.2, 0) is 9.59 Å². The summed E-state index contributed by atoms with van der Waals surface area (Å²) in [6, 6.07) is 7.43. The van der Waals surface area contributed by atoms with Gasteiger partial charge in [0.15, 0.2) is 0 Å². The molecule has 0 radical (unpaired) electrons. The quantitative estimate of drug-likeness (QED) is 0.508. The fraction of sp³-hybridized carbons (Fsp3) is 0.542. The fourth-order valence-corrected chi connectivity index (χ4v) is 4.58. The van der Waals surface area contributed by atoms with Crippen LogP contribution in [0, 0.1) is 12.8 Å². The Morgan fingerprint density at radius 2 is 1.97 bits per heavy atom. The highest BCUT2D eigenvalue weighted by atomic mass is 35.5. The molecule has 180 valence electrons. The summed E-state index contributed by atoms with van der Waals surface area (Å²) in [7, 11) is 0. The standard InChI is InChI=1S/C24H32ClN3O5/c1-13(2)22(21-9-14(3)27-33-21)24(32)28-12-18(30)11-20(28)23(31)26-19(10-15(4)29)16-5-7-17(25)8-6-16/h5-9,13,18-20,22,24,30,32H,10-12H2,1-4H3,(H,26,31)/t18-,19+,20+,22-,24?/m1/s1. The SMILES string of the molecule is CC(=O)C[C@H](NC(=O)[C@@H]1C[C@@H](O)CN1C(O)[C@@H](c1cc(C)no1)C(C)C)c1ccc(Cl)cc1. The highest BCUT2D eigenvalue weighted by Crippen LogP contribution is 2.34. The van der Waals surface area contributed by atoms with Gasteiger partial charge < -0.3 is 20.1 Å². The number of nitrogens with zero attached hydrogens (tertiary/aromatic N) is 2. The normalized spacial score (nSPS) is 21.7. The molecule has 3 rings (SSSR count). The molecule has 0 aliphatic carbocycles. The van der Waals surface area contributed by atoms with E-state index in [1.807, 2.05) is 13.8 Å². The van der Waals surface area contributed by atoms with Crippen molar-refractivity contribution in [3.05, 3.63) is 52.4 Å². The molecule has 0 spiro atoms. The van der Waals surface area contributed by atoms with E-state index in [4.69, 9.17) is 16.1 Å². The van der Waals surface area contributed by atoms with E-state index in [1.54, 1.807) is 42.2 Å². The van der Waals surface area contributed by atoms with Crippen molar-refractivity contribution in [1.29, 1.82) is 0 Å². The molecule has 1 aromatic heterocycles. The van der Waals surface area contributed by atoms with Gasteiger partial charge in [0.2, 0.25) is 5.91 Å². The maximum atomic E-state index is 13.3. The summed E-state index contributed by atoms with van der Waals surface area (Å²) in [6.07, 6.45) is -1.53. The van der Waals surface area contributed by atoms with E-state index in [-0.39, 0.29) is 37.0 Å². The lowest BCUT2D eigenvalue weighted by Gasteiger charge is -2.35. The van der Waals surface area contributed by atoms with Gasteiger partial charge in [0.1, 0.15) is 17.8 Å². The zero-order valence-electron chi connectivity index (χ0n) is 19.4. The van der Waals surface area contributed by atoms with Gasteiger partial charge in [0, 0.05) is 24.1 Å². The van der Waals surface area contributed by atoms with Gasteiger partial charge >= 0.3 is 0 Å². The number of carbonyl (C=O) groups excluding carboxylic acids is 2. The van der Waals surface area contributed by atoms with E-state index >= 15 is 0 Å². The van der Waals surface area contributed by atoms with E-state index in [1.165, 1.54) is 6.92 Å². The molecule has 1 aromatic carbocycles. The van der Waals surface area contributed by atoms with E-state index in [0.717, 1.165) is 5.56 Å². The van der Waals surface area contributed by atoms with Crippen LogP contribution < -0.4 is 5.32 Å². The van der Waals surface area contributed by atoms with Crippen molar-refractivity contribution in [2.24, 2.45) is 5.92 Å². The Balaban J connectivity index is 1.82. The van der Waals surface area contributed by atoms with Crippen LogP contribution in [0.5, 0.6) is 0 Å². The molecule has 2 aromatic rings. The van der Waals surface area contributed by atoms with Gasteiger partial charge in [0.05, 0.1) is 29.8 Å². The average molecular weight is 478 g/mol. The predicted octanol–water partition coefficient (Wildman–Crippen LogP) is 2.97. The lowest BCUT2D eigenvalue weighted by molar-refractivity contribution is -0.132. The third-order valence-corrected chi connectivity index (χ3v) is 6.31. The van der Waals surface area contributed by atoms with Crippen LogP contribution in [0.15, 0.2) is 34.9 Å². The first-order chi connectivity index (χ1) is 15.6. The number of amides is 1. The molecule has 0 saturated carbocycles. The summed E-state index contributed by atoms with van der Waals surface area (Å²) in [6.45, 7) is 7.33. The monoisotopic (exact) mass is 477 g/mol. The Hall–Kier alpha value is -2.26. The molecule has 1 aliphatic rings. The first-order valence-electron chi connectivity index (χ1n) is 11.2. The molecule has 9 heteroatoms. The third kappa shape index (κ3) is 6.20. The summed E-state index contributed by atoms with van der Waals surface area (Å²) >= 11 is 5.98. The zero-order valence-corrected chi connectivity index (χ0v) is 20.1. The van der Waals surface area contributed by atoms with Crippen LogP contribution >= 0.6 is 11.6 Å². The third-order valence-electron chi connectivity index (χ3n) is 6.05. The Bertz CT molecular complexity index is 961. The number of rotatable bonds is 9. The number of hydrogen-bond acceptors (Lipinski definition) is 7. The molecule has 1 unspecified atom stereocenters. The van der Waals surface area contributed by atoms with Gasteiger partial charge in [-0.05, 0) is 43.9 Å². The van der Waals surface area contributed by atoms with Gasteiger partial charge in [-0.3, -0.25) is 14.5 Å². The molecule has 1 amide bonds. The maximum absolute atomic E-state index is 13.3. The lowest BCUT2D eigenvalue weighted by Crippen LogP contribution is -2.51. The van der Waals surface area contributed by atoms with Crippen LogP contribution in [0.2, 0.25) is 5.02 Å². The smallest absolute Gasteiger partial charge is 0.238 e. The molecule has 1 aliphatic heterocycles. The number of aliphatic hydroxyl groups is 2. The number of β-amino-alcohol motifs (C(OH)–C–C–N with tert-alkyl or cyclic N) is 1. The van der Waals surface area contributed by atoms with Crippen LogP contribution in [0.3, 0.4) is 0 Å². The van der Waals surface area contributed by atoms with Crippen molar-refractivity contribution < 1.29 is 24.3 Å². The number of ketones is 1. The summed E-state index contributed by atoms with van der Waals surface area (Å²) in [4.78, 5) is 26.8. The Morgan fingerprint density at radius 1 is 1.30 bits per heavy atom. The number of likely N-dealkylation sites (tertiary alicyclic amines) is 1. The maximum Gasteiger partial charge on any atom is 0.238 e. The number of nitrogens with one attached hydrogen (secondary N) is 1. The number of benzene rings is 1. The Labute approximate surface area is 198 Å². The molecule has 33 heavy (non-hydrogen) atoms. The van der Waals surface area contributed by atoms with E-state index in [0.29, 0.717) is 16.5 Å². The first kappa shape index (κ1) is 25.4. The Kier molecular flexibility index (Phi) is 8.28. The number of hydrogen-bond donors (Lipinski definition) is 3. The van der Waals surface area contributed by atoms with Crippen molar-refractivity contribution in [2.45, 2.75) is 70.9 Å². The number of Topliss-reactive ketones (excluding diaryl/α,β-unsaturated/α-hetero) is 1. The number of aromatic nitrogens is 1. The van der Waals surface area contributed by atoms with Crippen molar-refractivity contribution in [1.82, 2.24) is 15.4 Å². The number of carbonyl (C=O) groups is 2. The zero-order chi connectivity index (χ0) is 24.3. The minimum Gasteiger partial charge on any atom is -0.392 e. The average Bonchev–Trinajstić information content (AvgIpc) is 3.33. The van der Waals surface area contributed by atoms with Gasteiger partial charge in [-0.15, -0.1) is 0 Å². The number of halogens is 1. The van der Waals surface area contributed by atoms with Crippen LogP contribution in [-0.4, -0.2) is 56.9 Å². The molecule has 0 bridgehead atoms. The molecule has 3 N–H and O–H groups in total. The highest BCUT2D eigenvalue weighted by molar-refractivity contribution is 6.30. The lowest BCUT2D eigenvalue weighted by atomic mass is 9.90. The molecule has 8 nitrogen and oxygen atoms in total. The summed E-state index contributed by atoms with van der Waals surface area (Å²) < 4.78 is 5.42. The van der Waals surface area contributed by atoms with Gasteiger partial charge in [-0.2, -0.15) is 0 Å². The highest BCUT2D eigenvalue weighted by Gasteiger charge is 2.44. The van der Waals surface area contributed by atoms with Gasteiger partial charge in [-0.1, -0.05) is 42.7 Å². The van der Waals surface area contributed by atoms with Crippen molar-refractivity contribution in [2.75, 3.05) is 6.54 Å². The second kappa shape index (κ2) is 10.8. The van der Waals surface area contributed by atoms with E-state index in [9.17, 15) is 19.8 Å². The summed E-state index contributed by atoms with van der Waals surface area (Å²) in [5, 5.41) is 29.1. The fourth-order valence-electron chi connectivity index (χ4n) is 4.46. The second-order valence-electron chi connectivity index (χ2n) is 9.18. The summed E-state index contributed by atoms with van der Waals surface area (Å²) in [5.74, 6) is -0.335. The second-order valence-corrected chi connectivity index (χ2v) is 9.61. The van der Waals surface area contributed by atoms with Gasteiger partial charge in [0.25, 0.3) is 0 Å². The van der Waals surface area contributed by atoms with Crippen LogP contribution in [0.1, 0.15) is 62.6 Å². The van der Waals surface area contributed by atoms with Gasteiger partial charge in [-0.25, -0.2) is 0 Å². The van der Waals surface area contributed by atoms with Crippen LogP contribution in [0.4, 0.5) is 0 Å². The molecular formula is C24H32ClN3O5. The van der Waals surface area contributed by atoms with E-state index in [2.05, 4.69) is 10.5 Å². The number of aryl methyl sites for hydroxylation is 1. The minimum atomic E-state index is -1.06. The molecule has 2 heterocycles. The minimum absolute atomic E-state index is 0.00617. The molecule has 1 fully saturated rings. The van der Waals surface area contributed by atoms with Crippen molar-refractivity contribution in [3.8, 4) is 0 Å². The first-order valence-corrected chi connectivity index (χ1v) is 11.5. The molecular weight excluding hydrogens is 446 g/mol. The van der Waals surface area contributed by atoms with E-state index < -0.39 is 30.3 Å². The predicted molar refractivity (Wildman–Crippen MR) is 124 cm³/mol. The Morgan fingerprint density at radius 3 is 2.52 bits per heavy atom. The molecule has 1 saturated heterocycles. The number of aliphatic hydroxyl groups excluding tert-OH is 2. The largest absolute Gasteiger partial charge is 0.392 e. The summed E-state index contributed by atoms with van der Waals surface area (Å²) in [5.41, 5.74) is 1.46. The van der Waals surface area contributed by atoms with Crippen molar-refractivity contribution >= 4 is 23.3 Å². The van der Waals surface area contributed by atoms with Crippen LogP contribution in [0.25, 0.3) is 0 Å². The molecule has 5 atom stereocenters. The van der Waals surface area contributed by atoms with Crippen molar-refractivity contribution in [3.63, 3.8) is 0 Å².